The van der Waals surface area contributed by atoms with Gasteiger partial charge in [-0.05, 0) is 108 Å². The Labute approximate surface area is 239 Å². The summed E-state index contributed by atoms with van der Waals surface area (Å²) in [4.78, 5) is 9.42. The Balaban J connectivity index is 1.27. The van der Waals surface area contributed by atoms with E-state index in [1.807, 2.05) is 79.2 Å². The molecule has 206 valence electrons. The highest BCUT2D eigenvalue weighted by molar-refractivity contribution is 6.62. The molecule has 2 aliphatic heterocycles. The molecular weight excluding hydrogens is 498 g/mol. The van der Waals surface area contributed by atoms with Crippen molar-refractivity contribution in [2.45, 2.75) is 77.8 Å². The van der Waals surface area contributed by atoms with Crippen molar-refractivity contribution < 1.29 is 18.6 Å². The van der Waals surface area contributed by atoms with Gasteiger partial charge in [-0.1, -0.05) is 42.5 Å². The molecular formula is C32H38B2N2O4. The number of hydrogen-bond donors (Lipinski definition) is 0. The molecule has 0 unspecified atom stereocenters. The van der Waals surface area contributed by atoms with Crippen LogP contribution in [0.3, 0.4) is 0 Å². The normalized spacial score (nSPS) is 21.1. The molecule has 0 aliphatic carbocycles. The summed E-state index contributed by atoms with van der Waals surface area (Å²) in [6.07, 6.45) is 3.72. The minimum Gasteiger partial charge on any atom is -0.399 e. The molecule has 0 atom stereocenters. The van der Waals surface area contributed by atoms with Gasteiger partial charge in [-0.25, -0.2) is 0 Å². The fraction of sp³-hybridized carbons (Fsp3) is 0.375. The summed E-state index contributed by atoms with van der Waals surface area (Å²) >= 11 is 0. The highest BCUT2D eigenvalue weighted by Crippen LogP contribution is 2.37. The third-order valence-electron chi connectivity index (χ3n) is 8.43. The van der Waals surface area contributed by atoms with Crippen LogP contribution in [0, 0.1) is 0 Å². The zero-order chi connectivity index (χ0) is 28.8. The van der Waals surface area contributed by atoms with Gasteiger partial charge in [0.25, 0.3) is 0 Å². The maximum absolute atomic E-state index is 6.20. The monoisotopic (exact) mass is 536 g/mol. The summed E-state index contributed by atoms with van der Waals surface area (Å²) in [6.45, 7) is 16.5. The van der Waals surface area contributed by atoms with Crippen molar-refractivity contribution in [3.05, 3.63) is 83.9 Å². The lowest BCUT2D eigenvalue weighted by atomic mass is 9.79. The lowest BCUT2D eigenvalue weighted by molar-refractivity contribution is 0.00578. The number of nitrogens with zero attached hydrogens (tertiary/aromatic N) is 2. The van der Waals surface area contributed by atoms with E-state index >= 15 is 0 Å². The molecule has 2 heterocycles. The van der Waals surface area contributed by atoms with Crippen molar-refractivity contribution in [3.8, 4) is 0 Å². The molecule has 0 amide bonds. The largest absolute Gasteiger partial charge is 0.494 e. The minimum atomic E-state index is -0.414. The topological polar surface area (TPSA) is 61.6 Å². The van der Waals surface area contributed by atoms with E-state index in [1.165, 1.54) is 0 Å². The molecule has 2 fully saturated rings. The fourth-order valence-corrected chi connectivity index (χ4v) is 4.48. The van der Waals surface area contributed by atoms with Crippen molar-refractivity contribution in [2.75, 3.05) is 0 Å². The molecule has 0 aromatic heterocycles. The molecule has 0 radical (unpaired) electrons. The lowest BCUT2D eigenvalue weighted by Crippen LogP contribution is -2.41. The zero-order valence-corrected chi connectivity index (χ0v) is 24.8. The Morgan fingerprint density at radius 3 is 1.23 bits per heavy atom. The van der Waals surface area contributed by atoms with E-state index in [2.05, 4.69) is 61.5 Å². The van der Waals surface area contributed by atoms with E-state index < -0.39 is 14.2 Å². The van der Waals surface area contributed by atoms with Crippen molar-refractivity contribution >= 4 is 49.0 Å². The highest BCUT2D eigenvalue weighted by atomic mass is 16.7. The van der Waals surface area contributed by atoms with Gasteiger partial charge in [0.15, 0.2) is 0 Å². The minimum absolute atomic E-state index is 0.383. The second-order valence-corrected chi connectivity index (χ2v) is 12.6. The summed E-state index contributed by atoms with van der Waals surface area (Å²) in [5, 5.41) is 0. The van der Waals surface area contributed by atoms with Gasteiger partial charge in [-0.15, -0.1) is 0 Å². The third-order valence-corrected chi connectivity index (χ3v) is 8.43. The quantitative estimate of drug-likeness (QED) is 0.296. The van der Waals surface area contributed by atoms with Crippen LogP contribution in [0.5, 0.6) is 0 Å². The van der Waals surface area contributed by atoms with Crippen LogP contribution in [0.15, 0.2) is 82.8 Å². The standard InChI is InChI=1S/C32H38B2N2O4/c1-29(2)30(3,4)38-33(37-29)25-14-10-16-27(19-25)35-21-23-12-9-13-24(18-23)22-36-28-17-11-15-26(20-28)34-39-31(5,6)32(7,8)40-34/h9-22H,1-8H3. The predicted molar refractivity (Wildman–Crippen MR) is 165 cm³/mol. The van der Waals surface area contributed by atoms with Gasteiger partial charge in [-0.3, -0.25) is 9.98 Å². The Kier molecular flexibility index (Phi) is 7.42. The Morgan fingerprint density at radius 2 is 0.850 bits per heavy atom. The summed E-state index contributed by atoms with van der Waals surface area (Å²) in [7, 11) is -0.828. The molecule has 0 saturated carbocycles. The van der Waals surface area contributed by atoms with E-state index in [4.69, 9.17) is 28.6 Å². The van der Waals surface area contributed by atoms with E-state index in [1.54, 1.807) is 0 Å². The van der Waals surface area contributed by atoms with Gasteiger partial charge in [0.05, 0.1) is 33.8 Å². The maximum Gasteiger partial charge on any atom is 0.494 e. The van der Waals surface area contributed by atoms with E-state index in [0.717, 1.165) is 33.4 Å². The third kappa shape index (κ3) is 5.86. The summed E-state index contributed by atoms with van der Waals surface area (Å²) in [6, 6.07) is 24.1. The molecule has 2 saturated heterocycles. The molecule has 6 nitrogen and oxygen atoms in total. The van der Waals surface area contributed by atoms with Crippen LogP contribution in [0.1, 0.15) is 66.5 Å². The molecule has 0 N–H and O–H groups in total. The van der Waals surface area contributed by atoms with E-state index in [-0.39, 0.29) is 22.4 Å². The predicted octanol–water partition coefficient (Wildman–Crippen LogP) is 5.79. The van der Waals surface area contributed by atoms with Crippen LogP contribution in [0.4, 0.5) is 11.4 Å². The Bertz CT molecular complexity index is 1310. The Morgan fingerprint density at radius 1 is 0.500 bits per heavy atom. The van der Waals surface area contributed by atoms with Crippen LogP contribution < -0.4 is 10.9 Å². The number of hydrogen-bond acceptors (Lipinski definition) is 6. The molecule has 2 aliphatic rings. The molecule has 8 heteroatoms. The molecule has 3 aromatic carbocycles. The SMILES string of the molecule is CC1(C)OB(c2cccc(N=Cc3cccc(C=Nc4cccc(B5OC(C)(C)C(C)(C)O5)c4)c3)c2)OC1(C)C. The highest BCUT2D eigenvalue weighted by Gasteiger charge is 2.52. The number of rotatable bonds is 6. The number of aliphatic imine (C=N–C) groups is 2. The first-order valence-corrected chi connectivity index (χ1v) is 13.8. The summed E-state index contributed by atoms with van der Waals surface area (Å²) in [5.41, 5.74) is 4.02. The van der Waals surface area contributed by atoms with Gasteiger partial charge >= 0.3 is 14.2 Å². The maximum atomic E-state index is 6.20. The second kappa shape index (κ2) is 10.4. The van der Waals surface area contributed by atoms with Crippen molar-refractivity contribution in [2.24, 2.45) is 9.98 Å². The summed E-state index contributed by atoms with van der Waals surface area (Å²) < 4.78 is 24.8. The van der Waals surface area contributed by atoms with Gasteiger partial charge in [-0.2, -0.15) is 0 Å². The molecule has 5 rings (SSSR count). The average molecular weight is 536 g/mol. The van der Waals surface area contributed by atoms with Crippen LogP contribution in [-0.2, 0) is 18.6 Å². The lowest BCUT2D eigenvalue weighted by Gasteiger charge is -2.32. The Hall–Kier alpha value is -3.03. The fourth-order valence-electron chi connectivity index (χ4n) is 4.48. The molecule has 0 bridgehead atoms. The zero-order valence-electron chi connectivity index (χ0n) is 24.8. The summed E-state index contributed by atoms with van der Waals surface area (Å²) in [5.74, 6) is 0. The van der Waals surface area contributed by atoms with E-state index in [0.29, 0.717) is 0 Å². The van der Waals surface area contributed by atoms with Crippen LogP contribution in [0.25, 0.3) is 0 Å². The van der Waals surface area contributed by atoms with Crippen LogP contribution in [0.2, 0.25) is 0 Å². The smallest absolute Gasteiger partial charge is 0.399 e. The van der Waals surface area contributed by atoms with Crippen LogP contribution in [-0.4, -0.2) is 49.1 Å². The van der Waals surface area contributed by atoms with Crippen molar-refractivity contribution in [3.63, 3.8) is 0 Å². The first kappa shape index (κ1) is 28.5. The van der Waals surface area contributed by atoms with Gasteiger partial charge in [0, 0.05) is 12.4 Å². The van der Waals surface area contributed by atoms with Crippen LogP contribution >= 0.6 is 0 Å². The van der Waals surface area contributed by atoms with Crippen molar-refractivity contribution in [1.82, 2.24) is 0 Å². The second-order valence-electron chi connectivity index (χ2n) is 12.6. The molecule has 40 heavy (non-hydrogen) atoms. The first-order chi connectivity index (χ1) is 18.7. The van der Waals surface area contributed by atoms with E-state index in [9.17, 15) is 0 Å². The number of benzene rings is 3. The molecule has 3 aromatic rings. The van der Waals surface area contributed by atoms with Gasteiger partial charge in [0.2, 0.25) is 0 Å². The average Bonchev–Trinajstić information content (AvgIpc) is 3.26. The molecule has 0 spiro atoms. The first-order valence-electron chi connectivity index (χ1n) is 13.8. The van der Waals surface area contributed by atoms with Crippen molar-refractivity contribution in [1.29, 1.82) is 0 Å². The van der Waals surface area contributed by atoms with Gasteiger partial charge < -0.3 is 18.6 Å². The van der Waals surface area contributed by atoms with Gasteiger partial charge in [0.1, 0.15) is 0 Å².